The van der Waals surface area contributed by atoms with E-state index in [2.05, 4.69) is 26.2 Å². The Labute approximate surface area is 203 Å². The van der Waals surface area contributed by atoms with Gasteiger partial charge in [0.05, 0.1) is 21.8 Å². The van der Waals surface area contributed by atoms with Crippen LogP contribution in [-0.2, 0) is 20.9 Å². The molecule has 10 heteroatoms. The van der Waals surface area contributed by atoms with Crippen LogP contribution >= 0.6 is 27.3 Å². The van der Waals surface area contributed by atoms with Crippen molar-refractivity contribution in [3.8, 4) is 28.5 Å². The molecule has 1 aliphatic heterocycles. The Morgan fingerprint density at radius 2 is 2.09 bits per heavy atom. The lowest BCUT2D eigenvalue weighted by Crippen LogP contribution is -2.25. The number of thiazole rings is 1. The lowest BCUT2D eigenvalue weighted by molar-refractivity contribution is -0.145. The van der Waals surface area contributed by atoms with E-state index in [4.69, 9.17) is 18.9 Å². The third-order valence-corrected chi connectivity index (χ3v) is 6.35. The second kappa shape index (κ2) is 10.2. The minimum Gasteiger partial charge on any atom is -0.486 e. The predicted molar refractivity (Wildman–Crippen MR) is 127 cm³/mol. The van der Waals surface area contributed by atoms with Crippen LogP contribution in [0.1, 0.15) is 17.5 Å². The number of aryl methyl sites for hydroxylation is 1. The van der Waals surface area contributed by atoms with Gasteiger partial charge in [-0.05, 0) is 71.7 Å². The van der Waals surface area contributed by atoms with E-state index in [0.29, 0.717) is 29.5 Å². The van der Waals surface area contributed by atoms with Gasteiger partial charge in [-0.15, -0.1) is 11.3 Å². The summed E-state index contributed by atoms with van der Waals surface area (Å²) < 4.78 is 22.5. The summed E-state index contributed by atoms with van der Waals surface area (Å²) in [5.41, 5.74) is 3.09. The Balaban J connectivity index is 1.40. The van der Waals surface area contributed by atoms with Crippen molar-refractivity contribution in [1.82, 2.24) is 4.98 Å². The van der Waals surface area contributed by atoms with Gasteiger partial charge >= 0.3 is 5.97 Å². The highest BCUT2D eigenvalue weighted by molar-refractivity contribution is 9.11. The second-order valence-electron chi connectivity index (χ2n) is 7.09. The Hall–Kier alpha value is -3.11. The van der Waals surface area contributed by atoms with Crippen LogP contribution < -0.4 is 19.5 Å². The van der Waals surface area contributed by atoms with Crippen LogP contribution in [0, 0.1) is 6.92 Å². The van der Waals surface area contributed by atoms with Gasteiger partial charge in [-0.1, -0.05) is 0 Å². The zero-order chi connectivity index (χ0) is 23.4. The van der Waals surface area contributed by atoms with Gasteiger partial charge in [0.1, 0.15) is 28.9 Å². The van der Waals surface area contributed by atoms with Gasteiger partial charge in [-0.2, -0.15) is 0 Å². The normalized spacial score (nSPS) is 12.4. The molecular formula is C23H21BrN2O6S. The van der Waals surface area contributed by atoms with Crippen molar-refractivity contribution >= 4 is 44.8 Å². The first kappa shape index (κ1) is 23.1. The molecule has 0 bridgehead atoms. The fourth-order valence-corrected chi connectivity index (χ4v) is 4.77. The Morgan fingerprint density at radius 3 is 2.88 bits per heavy atom. The predicted octanol–water partition coefficient (Wildman–Crippen LogP) is 4.73. The number of hydrogen-bond donors (Lipinski definition) is 1. The van der Waals surface area contributed by atoms with Crippen LogP contribution in [0.5, 0.6) is 17.2 Å². The molecule has 0 unspecified atom stereocenters. The first-order valence-corrected chi connectivity index (χ1v) is 11.8. The summed E-state index contributed by atoms with van der Waals surface area (Å²) >= 11 is 5.05. The van der Waals surface area contributed by atoms with E-state index in [1.165, 1.54) is 11.3 Å². The third-order valence-electron chi connectivity index (χ3n) is 4.68. The largest absolute Gasteiger partial charge is 0.486 e. The van der Waals surface area contributed by atoms with Crippen LogP contribution in [0.25, 0.3) is 11.3 Å². The van der Waals surface area contributed by atoms with Crippen LogP contribution in [-0.4, -0.2) is 36.7 Å². The number of nitrogens with zero attached hydrogens (tertiary/aromatic N) is 1. The molecule has 0 aliphatic carbocycles. The number of ether oxygens (including phenoxy) is 4. The Kier molecular flexibility index (Phi) is 7.14. The summed E-state index contributed by atoms with van der Waals surface area (Å²) in [6, 6.07) is 10.9. The van der Waals surface area contributed by atoms with Crippen molar-refractivity contribution in [2.45, 2.75) is 20.5 Å². The summed E-state index contributed by atoms with van der Waals surface area (Å²) in [7, 11) is 0. The van der Waals surface area contributed by atoms with Crippen LogP contribution in [0.4, 0.5) is 5.69 Å². The van der Waals surface area contributed by atoms with Crippen molar-refractivity contribution < 1.29 is 28.5 Å². The molecule has 1 N–H and O–H groups in total. The highest BCUT2D eigenvalue weighted by Crippen LogP contribution is 2.38. The van der Waals surface area contributed by atoms with Gasteiger partial charge in [-0.25, -0.2) is 9.78 Å². The summed E-state index contributed by atoms with van der Waals surface area (Å²) in [6.45, 7) is 4.12. The average Bonchev–Trinajstić information content (AvgIpc) is 3.17. The number of benzene rings is 2. The monoisotopic (exact) mass is 532 g/mol. The third kappa shape index (κ3) is 5.63. The molecule has 172 valence electrons. The SMILES string of the molecule is CCOC(=O)COc1ccc(OCc2nc(-c3ccc4c(c3)NC(=O)CO4)c(Br)s2)cc1C. The number of anilines is 1. The Bertz CT molecular complexity index is 1200. The number of fused-ring (bicyclic) bond motifs is 1. The van der Waals surface area contributed by atoms with E-state index < -0.39 is 5.97 Å². The van der Waals surface area contributed by atoms with Gasteiger partial charge in [0.2, 0.25) is 0 Å². The molecule has 0 saturated carbocycles. The highest BCUT2D eigenvalue weighted by atomic mass is 79.9. The van der Waals surface area contributed by atoms with E-state index in [-0.39, 0.29) is 25.7 Å². The van der Waals surface area contributed by atoms with E-state index in [1.54, 1.807) is 19.1 Å². The van der Waals surface area contributed by atoms with Gasteiger partial charge in [0, 0.05) is 5.56 Å². The maximum Gasteiger partial charge on any atom is 0.344 e. The maximum atomic E-state index is 11.6. The number of nitrogens with one attached hydrogen (secondary N) is 1. The number of amides is 1. The molecule has 3 aromatic rings. The number of esters is 1. The standard InChI is InChI=1S/C23H21BrN2O6S/c1-3-29-21(28)12-32-17-7-5-15(8-13(17)2)30-11-20-26-22(23(24)33-20)14-4-6-18-16(9-14)25-19(27)10-31-18/h4-9H,3,10-12H2,1-2H3,(H,25,27). The van der Waals surface area contributed by atoms with Crippen molar-refractivity contribution in [3.63, 3.8) is 0 Å². The fourth-order valence-electron chi connectivity index (χ4n) is 3.17. The van der Waals surface area contributed by atoms with Crippen LogP contribution in [0.3, 0.4) is 0 Å². The zero-order valence-corrected chi connectivity index (χ0v) is 20.4. The smallest absolute Gasteiger partial charge is 0.344 e. The van der Waals surface area contributed by atoms with Crippen molar-refractivity contribution in [2.24, 2.45) is 0 Å². The number of aromatic nitrogens is 1. The van der Waals surface area contributed by atoms with Crippen molar-refractivity contribution in [1.29, 1.82) is 0 Å². The number of hydrogen-bond acceptors (Lipinski definition) is 8. The zero-order valence-electron chi connectivity index (χ0n) is 18.0. The second-order valence-corrected chi connectivity index (χ2v) is 9.49. The number of carbonyl (C=O) groups excluding carboxylic acids is 2. The van der Waals surface area contributed by atoms with Crippen LogP contribution in [0.2, 0.25) is 0 Å². The summed E-state index contributed by atoms with van der Waals surface area (Å²) in [6.07, 6.45) is 0. The van der Waals surface area contributed by atoms with Gasteiger partial charge in [0.25, 0.3) is 5.91 Å². The molecule has 0 radical (unpaired) electrons. The molecule has 0 atom stereocenters. The molecule has 4 rings (SSSR count). The number of rotatable bonds is 8. The molecular weight excluding hydrogens is 512 g/mol. The molecule has 0 spiro atoms. The maximum absolute atomic E-state index is 11.6. The average molecular weight is 533 g/mol. The first-order valence-electron chi connectivity index (χ1n) is 10.2. The highest BCUT2D eigenvalue weighted by Gasteiger charge is 2.19. The van der Waals surface area contributed by atoms with Gasteiger partial charge in [0.15, 0.2) is 13.2 Å². The molecule has 1 aromatic heterocycles. The lowest BCUT2D eigenvalue weighted by atomic mass is 10.1. The quantitative estimate of drug-likeness (QED) is 0.418. The van der Waals surface area contributed by atoms with E-state index in [1.807, 2.05) is 31.2 Å². The molecule has 1 aliphatic rings. The van der Waals surface area contributed by atoms with Crippen molar-refractivity contribution in [2.75, 3.05) is 25.1 Å². The summed E-state index contributed by atoms with van der Waals surface area (Å²) in [4.78, 5) is 27.7. The molecule has 0 fully saturated rings. The number of halogens is 1. The minimum absolute atomic E-state index is 0.0200. The summed E-state index contributed by atoms with van der Waals surface area (Å²) in [5, 5.41) is 3.60. The lowest BCUT2D eigenvalue weighted by Gasteiger charge is -2.18. The van der Waals surface area contributed by atoms with Crippen molar-refractivity contribution in [3.05, 3.63) is 50.8 Å². The van der Waals surface area contributed by atoms with Crippen LogP contribution in [0.15, 0.2) is 40.2 Å². The molecule has 33 heavy (non-hydrogen) atoms. The molecule has 2 heterocycles. The fraction of sp³-hybridized carbons (Fsp3) is 0.261. The molecule has 0 saturated heterocycles. The van der Waals surface area contributed by atoms with E-state index >= 15 is 0 Å². The molecule has 2 aromatic carbocycles. The number of carbonyl (C=O) groups is 2. The first-order chi connectivity index (χ1) is 15.9. The van der Waals surface area contributed by atoms with Gasteiger partial charge in [-0.3, -0.25) is 4.79 Å². The van der Waals surface area contributed by atoms with Gasteiger partial charge < -0.3 is 24.3 Å². The summed E-state index contributed by atoms with van der Waals surface area (Å²) in [5.74, 6) is 1.31. The topological polar surface area (TPSA) is 96.0 Å². The molecule has 8 nitrogen and oxygen atoms in total. The minimum atomic E-state index is -0.406. The molecule has 1 amide bonds. The van der Waals surface area contributed by atoms with E-state index in [9.17, 15) is 9.59 Å². The van der Waals surface area contributed by atoms with E-state index in [0.717, 1.165) is 25.6 Å². The Morgan fingerprint density at radius 1 is 1.24 bits per heavy atom.